The zero-order valence-corrected chi connectivity index (χ0v) is 15.7. The second kappa shape index (κ2) is 7.38. The number of rotatable bonds is 3. The molecule has 0 N–H and O–H groups in total. The van der Waals surface area contributed by atoms with Crippen molar-refractivity contribution < 1.29 is 13.6 Å². The molecular weight excluding hydrogens is 361 g/mol. The number of carbonyl (C=O) groups is 1. The van der Waals surface area contributed by atoms with Crippen LogP contribution >= 0.6 is 0 Å². The maximum atomic E-state index is 13.8. The number of aryl methyl sites for hydroxylation is 2. The molecule has 1 amide bonds. The van der Waals surface area contributed by atoms with Crippen LogP contribution in [0.2, 0.25) is 0 Å². The molecule has 2 aromatic heterocycles. The Morgan fingerprint density at radius 2 is 1.89 bits per heavy atom. The highest BCUT2D eigenvalue weighted by Crippen LogP contribution is 2.28. The number of piperazine rings is 1. The monoisotopic (exact) mass is 381 g/mol. The van der Waals surface area contributed by atoms with E-state index in [0.717, 1.165) is 11.4 Å². The predicted molar refractivity (Wildman–Crippen MR) is 102 cm³/mol. The molecule has 0 spiro atoms. The van der Waals surface area contributed by atoms with Crippen LogP contribution in [0.25, 0.3) is 11.5 Å². The van der Waals surface area contributed by atoms with Crippen molar-refractivity contribution in [1.29, 1.82) is 0 Å². The molecule has 0 atom stereocenters. The summed E-state index contributed by atoms with van der Waals surface area (Å²) in [7, 11) is 0. The Kier molecular flexibility index (Phi) is 4.77. The van der Waals surface area contributed by atoms with Crippen molar-refractivity contribution in [3.05, 3.63) is 59.4 Å². The van der Waals surface area contributed by atoms with E-state index >= 15 is 0 Å². The van der Waals surface area contributed by atoms with Gasteiger partial charge in [-0.25, -0.2) is 9.37 Å². The van der Waals surface area contributed by atoms with E-state index in [1.165, 1.54) is 6.07 Å². The maximum absolute atomic E-state index is 13.8. The molecule has 3 heterocycles. The third-order valence-electron chi connectivity index (χ3n) is 4.83. The van der Waals surface area contributed by atoms with Crippen LogP contribution in [0.3, 0.4) is 0 Å². The van der Waals surface area contributed by atoms with Crippen LogP contribution in [0, 0.1) is 19.7 Å². The lowest BCUT2D eigenvalue weighted by Gasteiger charge is -2.36. The van der Waals surface area contributed by atoms with Gasteiger partial charge in [0, 0.05) is 44.9 Å². The van der Waals surface area contributed by atoms with Gasteiger partial charge < -0.3 is 14.2 Å². The summed E-state index contributed by atoms with van der Waals surface area (Å²) in [5.41, 5.74) is 1.67. The van der Waals surface area contributed by atoms with Crippen LogP contribution in [0.1, 0.15) is 21.8 Å². The average Bonchev–Trinajstić information content (AvgIpc) is 3.16. The van der Waals surface area contributed by atoms with Gasteiger partial charge in [0.2, 0.25) is 5.89 Å². The summed E-state index contributed by atoms with van der Waals surface area (Å²) in [6.07, 6.45) is 1.72. The summed E-state index contributed by atoms with van der Waals surface area (Å²) in [6, 6.07) is 8.32. The van der Waals surface area contributed by atoms with E-state index < -0.39 is 0 Å². The van der Waals surface area contributed by atoms with E-state index in [1.54, 1.807) is 37.1 Å². The van der Waals surface area contributed by atoms with Gasteiger partial charge in [-0.3, -0.25) is 4.79 Å². The number of pyridine rings is 1. The normalized spacial score (nSPS) is 14.4. The van der Waals surface area contributed by atoms with Gasteiger partial charge in [-0.2, -0.15) is 0 Å². The summed E-state index contributed by atoms with van der Waals surface area (Å²) < 4.78 is 19.3. The molecule has 1 fully saturated rings. The standard InChI is InChI=1S/C20H20FN5O2/c1-13-5-6-15(12-17(13)21)20(27)26-10-8-25(9-11-26)18-16(4-3-7-22-18)19-24-23-14(2)28-19/h3-7,12H,8-11H2,1-2H3. The molecule has 8 heteroatoms. The fourth-order valence-corrected chi connectivity index (χ4v) is 3.25. The highest BCUT2D eigenvalue weighted by molar-refractivity contribution is 5.94. The highest BCUT2D eigenvalue weighted by Gasteiger charge is 2.25. The van der Waals surface area contributed by atoms with E-state index in [1.807, 2.05) is 12.1 Å². The number of benzene rings is 1. The van der Waals surface area contributed by atoms with Gasteiger partial charge in [0.15, 0.2) is 0 Å². The average molecular weight is 381 g/mol. The Morgan fingerprint density at radius 1 is 1.11 bits per heavy atom. The van der Waals surface area contributed by atoms with Gasteiger partial charge in [-0.1, -0.05) is 6.07 Å². The van der Waals surface area contributed by atoms with Crippen molar-refractivity contribution in [1.82, 2.24) is 20.1 Å². The van der Waals surface area contributed by atoms with E-state index in [4.69, 9.17) is 4.42 Å². The zero-order valence-electron chi connectivity index (χ0n) is 15.7. The number of anilines is 1. The third kappa shape index (κ3) is 3.45. The predicted octanol–water partition coefficient (Wildman–Crippen LogP) is 2.85. The molecule has 0 aliphatic carbocycles. The molecule has 1 aromatic carbocycles. The summed E-state index contributed by atoms with van der Waals surface area (Å²) in [4.78, 5) is 21.0. The van der Waals surface area contributed by atoms with Gasteiger partial charge in [0.1, 0.15) is 11.6 Å². The lowest BCUT2D eigenvalue weighted by atomic mass is 10.1. The largest absolute Gasteiger partial charge is 0.421 e. The van der Waals surface area contributed by atoms with Crippen molar-refractivity contribution in [2.24, 2.45) is 0 Å². The minimum Gasteiger partial charge on any atom is -0.421 e. The van der Waals surface area contributed by atoms with E-state index in [9.17, 15) is 9.18 Å². The Balaban J connectivity index is 1.49. The minimum absolute atomic E-state index is 0.160. The third-order valence-corrected chi connectivity index (χ3v) is 4.83. The molecule has 3 aromatic rings. The first-order chi connectivity index (χ1) is 13.5. The van der Waals surface area contributed by atoms with Crippen LogP contribution in [0.15, 0.2) is 40.9 Å². The molecule has 4 rings (SSSR count). The van der Waals surface area contributed by atoms with E-state index in [2.05, 4.69) is 20.1 Å². The number of halogens is 1. The topological polar surface area (TPSA) is 75.4 Å². The van der Waals surface area contributed by atoms with E-state index in [0.29, 0.717) is 49.1 Å². The van der Waals surface area contributed by atoms with Crippen molar-refractivity contribution >= 4 is 11.7 Å². The summed E-state index contributed by atoms with van der Waals surface area (Å²) in [5, 5.41) is 7.97. The molecule has 1 saturated heterocycles. The molecule has 7 nitrogen and oxygen atoms in total. The van der Waals surface area contributed by atoms with Gasteiger partial charge in [0.05, 0.1) is 5.56 Å². The number of nitrogens with zero attached hydrogens (tertiary/aromatic N) is 5. The molecule has 144 valence electrons. The zero-order chi connectivity index (χ0) is 19.7. The maximum Gasteiger partial charge on any atom is 0.254 e. The molecule has 28 heavy (non-hydrogen) atoms. The number of aromatic nitrogens is 3. The second-order valence-corrected chi connectivity index (χ2v) is 6.74. The molecule has 0 radical (unpaired) electrons. The Bertz CT molecular complexity index is 1010. The highest BCUT2D eigenvalue weighted by atomic mass is 19.1. The number of hydrogen-bond donors (Lipinski definition) is 0. The van der Waals surface area contributed by atoms with Gasteiger partial charge in [-0.15, -0.1) is 10.2 Å². The lowest BCUT2D eigenvalue weighted by molar-refractivity contribution is 0.0746. The summed E-state index contributed by atoms with van der Waals surface area (Å²) >= 11 is 0. The van der Waals surface area contributed by atoms with Crippen LogP contribution in [0.5, 0.6) is 0 Å². The molecule has 0 saturated carbocycles. The van der Waals surface area contributed by atoms with Gasteiger partial charge in [0.25, 0.3) is 11.8 Å². The summed E-state index contributed by atoms with van der Waals surface area (Å²) in [5.74, 6) is 1.14. The molecular formula is C20H20FN5O2. The van der Waals surface area contributed by atoms with Crippen LogP contribution < -0.4 is 4.90 Å². The molecule has 1 aliphatic rings. The minimum atomic E-state index is -0.363. The number of carbonyl (C=O) groups excluding carboxylic acids is 1. The van der Waals surface area contributed by atoms with Crippen LogP contribution in [-0.2, 0) is 0 Å². The van der Waals surface area contributed by atoms with Crippen molar-refractivity contribution in [3.63, 3.8) is 0 Å². The first-order valence-corrected chi connectivity index (χ1v) is 9.09. The lowest BCUT2D eigenvalue weighted by Crippen LogP contribution is -2.49. The number of amides is 1. The fraction of sp³-hybridized carbons (Fsp3) is 0.300. The van der Waals surface area contributed by atoms with Gasteiger partial charge >= 0.3 is 0 Å². The number of hydrogen-bond acceptors (Lipinski definition) is 6. The van der Waals surface area contributed by atoms with Crippen LogP contribution in [-0.4, -0.2) is 52.2 Å². The smallest absolute Gasteiger partial charge is 0.254 e. The molecule has 0 unspecified atom stereocenters. The Labute approximate surface area is 161 Å². The van der Waals surface area contributed by atoms with Crippen LogP contribution in [0.4, 0.5) is 10.2 Å². The quantitative estimate of drug-likeness (QED) is 0.694. The first-order valence-electron chi connectivity index (χ1n) is 9.09. The second-order valence-electron chi connectivity index (χ2n) is 6.74. The van der Waals surface area contributed by atoms with E-state index in [-0.39, 0.29) is 11.7 Å². The Morgan fingerprint density at radius 3 is 2.57 bits per heavy atom. The van der Waals surface area contributed by atoms with Crippen molar-refractivity contribution in [2.45, 2.75) is 13.8 Å². The van der Waals surface area contributed by atoms with Gasteiger partial charge in [-0.05, 0) is 36.8 Å². The van der Waals surface area contributed by atoms with Crippen molar-refractivity contribution in [3.8, 4) is 11.5 Å². The SMILES string of the molecule is Cc1nnc(-c2cccnc2N2CCN(C(=O)c3ccc(C)c(F)c3)CC2)o1. The first kappa shape index (κ1) is 18.1. The fourth-order valence-electron chi connectivity index (χ4n) is 3.25. The molecule has 0 bridgehead atoms. The Hall–Kier alpha value is -3.29. The molecule has 1 aliphatic heterocycles. The summed E-state index contributed by atoms with van der Waals surface area (Å²) in [6.45, 7) is 5.68. The van der Waals surface area contributed by atoms with Crippen molar-refractivity contribution in [2.75, 3.05) is 31.1 Å².